The third-order valence-electron chi connectivity index (χ3n) is 6.07. The van der Waals surface area contributed by atoms with E-state index < -0.39 is 6.85 Å². The molecule has 0 aliphatic rings. The lowest BCUT2D eigenvalue weighted by molar-refractivity contribution is -0.660. The molecule has 4 rings (SSSR count). The number of hydrogen-bond acceptors (Lipinski definition) is 0. The van der Waals surface area contributed by atoms with E-state index in [2.05, 4.69) is 81.7 Å². The van der Waals surface area contributed by atoms with Crippen molar-refractivity contribution in [2.75, 3.05) is 0 Å². The molecule has 30 heavy (non-hydrogen) atoms. The van der Waals surface area contributed by atoms with Crippen LogP contribution in [0, 0.1) is 13.8 Å². The van der Waals surface area contributed by atoms with Crippen molar-refractivity contribution in [2.24, 2.45) is 7.05 Å². The maximum absolute atomic E-state index is 7.82. The lowest BCUT2D eigenvalue weighted by atomic mass is 9.92. The van der Waals surface area contributed by atoms with Gasteiger partial charge in [-0.25, -0.2) is 0 Å². The van der Waals surface area contributed by atoms with Gasteiger partial charge in [-0.1, -0.05) is 64.1 Å². The lowest BCUT2D eigenvalue weighted by Crippen LogP contribution is -2.31. The first-order valence-electron chi connectivity index (χ1n) is 12.3. The number of pyridine rings is 1. The molecule has 154 valence electrons. The van der Waals surface area contributed by atoms with Gasteiger partial charge in [-0.3, -0.25) is 0 Å². The van der Waals surface area contributed by atoms with Crippen molar-refractivity contribution < 1.29 is 8.68 Å². The van der Waals surface area contributed by atoms with E-state index in [1.54, 1.807) is 12.3 Å². The largest absolute Gasteiger partial charge is 0.303 e. The molecule has 0 aliphatic carbocycles. The lowest BCUT2D eigenvalue weighted by Gasteiger charge is -2.23. The van der Waals surface area contributed by atoms with Crippen molar-refractivity contribution in [2.45, 2.75) is 53.3 Å². The molecule has 2 aromatic heterocycles. The average Bonchev–Trinajstić information content (AvgIpc) is 3.04. The van der Waals surface area contributed by atoms with Crippen LogP contribution in [-0.4, -0.2) is 4.57 Å². The zero-order valence-corrected chi connectivity index (χ0v) is 18.8. The van der Waals surface area contributed by atoms with E-state index in [1.165, 1.54) is 33.3 Å². The molecule has 0 fully saturated rings. The van der Waals surface area contributed by atoms with Gasteiger partial charge in [-0.2, -0.15) is 4.57 Å². The Hall–Kier alpha value is -2.87. The summed E-state index contributed by atoms with van der Waals surface area (Å²) in [6, 6.07) is 18.9. The quantitative estimate of drug-likeness (QED) is 0.327. The third-order valence-corrected chi connectivity index (χ3v) is 6.07. The van der Waals surface area contributed by atoms with E-state index in [1.807, 2.05) is 17.7 Å². The maximum atomic E-state index is 7.82. The first kappa shape index (κ1) is 16.9. The summed E-state index contributed by atoms with van der Waals surface area (Å²) < 4.78 is 27.8. The number of aromatic nitrogens is 2. The normalized spacial score (nSPS) is 13.7. The molecular weight excluding hydrogens is 364 g/mol. The van der Waals surface area contributed by atoms with Gasteiger partial charge in [0.05, 0.1) is 11.2 Å². The van der Waals surface area contributed by atoms with Gasteiger partial charge < -0.3 is 4.57 Å². The summed E-state index contributed by atoms with van der Waals surface area (Å²) in [4.78, 5) is 0. The molecule has 0 N–H and O–H groups in total. The molecule has 0 unspecified atom stereocenters. The van der Waals surface area contributed by atoms with Crippen LogP contribution in [0.25, 0.3) is 28.0 Å². The van der Waals surface area contributed by atoms with Crippen molar-refractivity contribution in [3.8, 4) is 17.1 Å². The van der Waals surface area contributed by atoms with Gasteiger partial charge in [0.25, 0.3) is 0 Å². The first-order chi connectivity index (χ1) is 15.5. The zero-order chi connectivity index (χ0) is 24.1. The second kappa shape index (κ2) is 7.75. The Morgan fingerprint density at radius 2 is 1.53 bits per heavy atom. The Balaban J connectivity index is 2.15. The summed E-state index contributed by atoms with van der Waals surface area (Å²) >= 11 is 0. The van der Waals surface area contributed by atoms with E-state index in [-0.39, 0.29) is 0 Å². The van der Waals surface area contributed by atoms with E-state index in [0.717, 1.165) is 11.4 Å². The highest BCUT2D eigenvalue weighted by Crippen LogP contribution is 2.40. The molecule has 0 saturated carbocycles. The maximum Gasteiger partial charge on any atom is 0.229 e. The Bertz CT molecular complexity index is 1300. The minimum atomic E-state index is -2.13. The minimum Gasteiger partial charge on any atom is -0.303 e. The van der Waals surface area contributed by atoms with Crippen molar-refractivity contribution in [3.63, 3.8) is 0 Å². The van der Waals surface area contributed by atoms with Crippen LogP contribution in [0.3, 0.4) is 0 Å². The standard InChI is InChI=1S/C28H33N2/c1-18(2)22-12-10-13-23(19(3)4)28(22)30-25-14-9-8-11-24(25)21(6)27(30)26-16-15-20(5)17-29(26)7/h8-19H,1-7H3/q+1/i5D3. The molecule has 2 heteroatoms. The summed E-state index contributed by atoms with van der Waals surface area (Å²) in [6.45, 7) is 9.00. The van der Waals surface area contributed by atoms with Gasteiger partial charge in [0.2, 0.25) is 5.69 Å². The minimum absolute atomic E-state index is 0.347. The fourth-order valence-electron chi connectivity index (χ4n) is 4.56. The number of aryl methyl sites for hydroxylation is 3. The number of fused-ring (bicyclic) bond motifs is 1. The van der Waals surface area contributed by atoms with Crippen molar-refractivity contribution in [1.82, 2.24) is 4.57 Å². The number of rotatable bonds is 4. The van der Waals surface area contributed by atoms with Crippen molar-refractivity contribution in [1.29, 1.82) is 0 Å². The molecule has 0 spiro atoms. The van der Waals surface area contributed by atoms with Crippen LogP contribution in [0.1, 0.15) is 65.9 Å². The summed E-state index contributed by atoms with van der Waals surface area (Å²) in [5, 5.41) is 1.21. The van der Waals surface area contributed by atoms with Crippen molar-refractivity contribution >= 4 is 10.9 Å². The van der Waals surface area contributed by atoms with Crippen LogP contribution in [-0.2, 0) is 7.05 Å². The molecule has 2 nitrogen and oxygen atoms in total. The van der Waals surface area contributed by atoms with Gasteiger partial charge in [-0.05, 0) is 54.4 Å². The van der Waals surface area contributed by atoms with E-state index >= 15 is 0 Å². The highest BCUT2D eigenvalue weighted by molar-refractivity contribution is 5.93. The van der Waals surface area contributed by atoms with Crippen molar-refractivity contribution in [3.05, 3.63) is 83.0 Å². The smallest absolute Gasteiger partial charge is 0.229 e. The number of hydrogen-bond donors (Lipinski definition) is 0. The van der Waals surface area contributed by atoms with E-state index in [4.69, 9.17) is 4.11 Å². The molecule has 2 heterocycles. The third kappa shape index (κ3) is 3.25. The fourth-order valence-corrected chi connectivity index (χ4v) is 4.56. The predicted molar refractivity (Wildman–Crippen MR) is 128 cm³/mol. The van der Waals surface area contributed by atoms with Crippen LogP contribution >= 0.6 is 0 Å². The van der Waals surface area contributed by atoms with Gasteiger partial charge >= 0.3 is 0 Å². The fraction of sp³-hybridized carbons (Fsp3) is 0.321. The second-order valence-corrected chi connectivity index (χ2v) is 8.83. The molecule has 0 aliphatic heterocycles. The highest BCUT2D eigenvalue weighted by atomic mass is 15.0. The van der Waals surface area contributed by atoms with E-state index in [0.29, 0.717) is 17.4 Å². The molecule has 0 saturated heterocycles. The molecule has 0 radical (unpaired) electrons. The second-order valence-electron chi connectivity index (χ2n) is 8.83. The molecule has 0 bridgehead atoms. The molecule has 0 amide bonds. The Morgan fingerprint density at radius 3 is 2.13 bits per heavy atom. The Kier molecular flexibility index (Phi) is 4.36. The van der Waals surface area contributed by atoms with Gasteiger partial charge in [0, 0.05) is 21.1 Å². The summed E-state index contributed by atoms with van der Waals surface area (Å²) in [5.41, 5.74) is 8.66. The summed E-state index contributed by atoms with van der Waals surface area (Å²) in [6.07, 6.45) is 1.74. The van der Waals surface area contributed by atoms with E-state index in [9.17, 15) is 0 Å². The van der Waals surface area contributed by atoms with Gasteiger partial charge in [-0.15, -0.1) is 0 Å². The molecule has 4 aromatic rings. The molecule has 2 aromatic carbocycles. The Morgan fingerprint density at radius 1 is 0.867 bits per heavy atom. The summed E-state index contributed by atoms with van der Waals surface area (Å²) in [7, 11) is 1.93. The van der Waals surface area contributed by atoms with Crippen LogP contribution in [0.4, 0.5) is 0 Å². The van der Waals surface area contributed by atoms with Crippen LogP contribution < -0.4 is 4.57 Å². The first-order valence-corrected chi connectivity index (χ1v) is 10.8. The van der Waals surface area contributed by atoms with Gasteiger partial charge in [0.15, 0.2) is 6.20 Å². The average molecular weight is 401 g/mol. The molecular formula is C28H33N2+. The van der Waals surface area contributed by atoms with Crippen LogP contribution in [0.15, 0.2) is 60.8 Å². The highest BCUT2D eigenvalue weighted by Gasteiger charge is 2.26. The monoisotopic (exact) mass is 400 g/mol. The number of para-hydroxylation sites is 2. The number of nitrogens with zero attached hydrogens (tertiary/aromatic N) is 2. The van der Waals surface area contributed by atoms with Crippen LogP contribution in [0.5, 0.6) is 0 Å². The topological polar surface area (TPSA) is 8.81 Å². The SMILES string of the molecule is [2H]C([2H])([2H])c1ccc(-c2c(C)c3ccccc3n2-c2c(C(C)C)cccc2C(C)C)[n+](C)c1. The summed E-state index contributed by atoms with van der Waals surface area (Å²) in [5.74, 6) is 0.722. The number of benzene rings is 2. The Labute approximate surface area is 185 Å². The van der Waals surface area contributed by atoms with Gasteiger partial charge in [0.1, 0.15) is 12.7 Å². The van der Waals surface area contributed by atoms with Crippen LogP contribution in [0.2, 0.25) is 0 Å². The molecule has 0 atom stereocenters. The predicted octanol–water partition coefficient (Wildman–Crippen LogP) is 6.99. The zero-order valence-electron chi connectivity index (χ0n) is 21.8.